The Hall–Kier alpha value is -0.810. The van der Waals surface area contributed by atoms with Crippen molar-refractivity contribution >= 4 is 6.09 Å². The van der Waals surface area contributed by atoms with E-state index in [-0.39, 0.29) is 11.6 Å². The molecule has 1 fully saturated rings. The van der Waals surface area contributed by atoms with Crippen LogP contribution >= 0.6 is 0 Å². The summed E-state index contributed by atoms with van der Waals surface area (Å²) >= 11 is 0. The average Bonchev–Trinajstić information content (AvgIpc) is 2.01. The van der Waals surface area contributed by atoms with Crippen molar-refractivity contribution in [2.45, 2.75) is 45.3 Å². The Balaban J connectivity index is 0.000000262. The summed E-state index contributed by atoms with van der Waals surface area (Å²) < 4.78 is 0. The molecule has 1 heterocycles. The first kappa shape index (κ1) is 14.2. The van der Waals surface area contributed by atoms with Crippen LogP contribution in [0.15, 0.2) is 0 Å². The summed E-state index contributed by atoms with van der Waals surface area (Å²) in [4.78, 5) is 9.90. The number of nitrogens with one attached hydrogen (secondary N) is 2. The Morgan fingerprint density at radius 1 is 1.47 bits per heavy atom. The van der Waals surface area contributed by atoms with Crippen molar-refractivity contribution < 1.29 is 15.0 Å². The number of piperidine rings is 1. The summed E-state index contributed by atoms with van der Waals surface area (Å²) in [7, 11) is 0. The number of β-amino-alcohol motifs (C(OH)–C–C–N with tert-alkyl or cyclic N) is 1. The van der Waals surface area contributed by atoms with Gasteiger partial charge >= 0.3 is 6.09 Å². The standard InChI is InChI=1S/C5H11NO2.C5H11NO/c1-5(2,3)6-4(7)8;7-5-2-1-3-6-4-5/h6H,1-3H3,(H,7,8);5-7H,1-4H2. The van der Waals surface area contributed by atoms with Gasteiger partial charge in [-0.3, -0.25) is 0 Å². The van der Waals surface area contributed by atoms with Crippen molar-refractivity contribution in [1.29, 1.82) is 0 Å². The highest BCUT2D eigenvalue weighted by Crippen LogP contribution is 1.98. The SMILES string of the molecule is CC(C)(C)NC(=O)O.OC1CCCNC1. The van der Waals surface area contributed by atoms with Gasteiger partial charge in [0.2, 0.25) is 0 Å². The Morgan fingerprint density at radius 2 is 2.07 bits per heavy atom. The number of amides is 1. The highest BCUT2D eigenvalue weighted by Gasteiger charge is 2.11. The molecule has 90 valence electrons. The molecule has 15 heavy (non-hydrogen) atoms. The molecule has 1 saturated heterocycles. The van der Waals surface area contributed by atoms with Crippen LogP contribution in [0.5, 0.6) is 0 Å². The minimum Gasteiger partial charge on any atom is -0.465 e. The molecule has 1 unspecified atom stereocenters. The number of hydrogen-bond acceptors (Lipinski definition) is 3. The molecule has 1 amide bonds. The second-order valence-corrected chi connectivity index (χ2v) is 4.68. The maximum Gasteiger partial charge on any atom is 0.405 e. The Morgan fingerprint density at radius 3 is 2.20 bits per heavy atom. The number of rotatable bonds is 0. The highest BCUT2D eigenvalue weighted by atomic mass is 16.4. The van der Waals surface area contributed by atoms with Crippen LogP contribution in [0.25, 0.3) is 0 Å². The molecule has 0 spiro atoms. The van der Waals surface area contributed by atoms with E-state index in [9.17, 15) is 4.79 Å². The van der Waals surface area contributed by atoms with Gasteiger partial charge in [-0.25, -0.2) is 4.79 Å². The molecule has 0 saturated carbocycles. The predicted octanol–water partition coefficient (Wildman–Crippen LogP) is 0.783. The van der Waals surface area contributed by atoms with Gasteiger partial charge in [0.25, 0.3) is 0 Å². The molecule has 0 bridgehead atoms. The van der Waals surface area contributed by atoms with E-state index in [4.69, 9.17) is 10.2 Å². The largest absolute Gasteiger partial charge is 0.465 e. The van der Waals surface area contributed by atoms with Gasteiger partial charge in [0.05, 0.1) is 6.10 Å². The van der Waals surface area contributed by atoms with Gasteiger partial charge in [-0.2, -0.15) is 0 Å². The Labute approximate surface area is 90.9 Å². The van der Waals surface area contributed by atoms with Crippen molar-refractivity contribution in [3.63, 3.8) is 0 Å². The van der Waals surface area contributed by atoms with Crippen molar-refractivity contribution in [3.05, 3.63) is 0 Å². The molecular weight excluding hydrogens is 196 g/mol. The van der Waals surface area contributed by atoms with Crippen LogP contribution < -0.4 is 10.6 Å². The second-order valence-electron chi connectivity index (χ2n) is 4.68. The Kier molecular flexibility index (Phi) is 6.27. The number of carbonyl (C=O) groups is 1. The lowest BCUT2D eigenvalue weighted by molar-refractivity contribution is 0.142. The number of aliphatic hydroxyl groups excluding tert-OH is 1. The lowest BCUT2D eigenvalue weighted by atomic mass is 10.1. The van der Waals surface area contributed by atoms with Gasteiger partial charge in [-0.1, -0.05) is 0 Å². The summed E-state index contributed by atoms with van der Waals surface area (Å²) in [6.07, 6.45) is 1.06. The lowest BCUT2D eigenvalue weighted by Crippen LogP contribution is -2.39. The fourth-order valence-electron chi connectivity index (χ4n) is 1.15. The molecular formula is C10H22N2O3. The van der Waals surface area contributed by atoms with Crippen LogP contribution in [0.2, 0.25) is 0 Å². The van der Waals surface area contributed by atoms with Gasteiger partial charge in [-0.15, -0.1) is 0 Å². The fourth-order valence-corrected chi connectivity index (χ4v) is 1.15. The zero-order valence-corrected chi connectivity index (χ0v) is 9.71. The van der Waals surface area contributed by atoms with Crippen LogP contribution in [0.4, 0.5) is 4.79 Å². The number of aliphatic hydroxyl groups is 1. The summed E-state index contributed by atoms with van der Waals surface area (Å²) in [5.41, 5.74) is -0.328. The van der Waals surface area contributed by atoms with E-state index in [1.54, 1.807) is 20.8 Å². The molecule has 5 nitrogen and oxygen atoms in total. The van der Waals surface area contributed by atoms with Crippen molar-refractivity contribution in [1.82, 2.24) is 10.6 Å². The number of hydrogen-bond donors (Lipinski definition) is 4. The van der Waals surface area contributed by atoms with Crippen LogP contribution in [0, 0.1) is 0 Å². The van der Waals surface area contributed by atoms with Crippen LogP contribution in [0.3, 0.4) is 0 Å². The predicted molar refractivity (Wildman–Crippen MR) is 59.0 cm³/mol. The monoisotopic (exact) mass is 218 g/mol. The van der Waals surface area contributed by atoms with Gasteiger partial charge < -0.3 is 20.8 Å². The van der Waals surface area contributed by atoms with Gasteiger partial charge in [0, 0.05) is 12.1 Å². The first-order valence-electron chi connectivity index (χ1n) is 5.21. The molecule has 4 N–H and O–H groups in total. The molecule has 1 aliphatic rings. The average molecular weight is 218 g/mol. The smallest absolute Gasteiger partial charge is 0.405 e. The van der Waals surface area contributed by atoms with Crippen LogP contribution in [0.1, 0.15) is 33.6 Å². The third kappa shape index (κ3) is 11.1. The molecule has 1 atom stereocenters. The van der Waals surface area contributed by atoms with E-state index in [0.29, 0.717) is 0 Å². The summed E-state index contributed by atoms with van der Waals surface area (Å²) in [5.74, 6) is 0. The van der Waals surface area contributed by atoms with E-state index >= 15 is 0 Å². The van der Waals surface area contributed by atoms with Gasteiger partial charge in [-0.05, 0) is 40.2 Å². The third-order valence-electron chi connectivity index (χ3n) is 1.75. The summed E-state index contributed by atoms with van der Waals surface area (Å²) in [6, 6.07) is 0. The molecule has 0 aromatic carbocycles. The van der Waals surface area contributed by atoms with E-state index in [1.165, 1.54) is 0 Å². The first-order valence-corrected chi connectivity index (χ1v) is 5.21. The summed E-state index contributed by atoms with van der Waals surface area (Å²) in [5, 5.41) is 22.4. The number of carboxylic acid groups (broad SMARTS) is 1. The quantitative estimate of drug-likeness (QED) is 0.484. The lowest BCUT2D eigenvalue weighted by Gasteiger charge is -2.16. The normalized spacial score (nSPS) is 21.2. The van der Waals surface area contributed by atoms with Gasteiger partial charge in [0.15, 0.2) is 0 Å². The molecule has 1 aliphatic heterocycles. The minimum atomic E-state index is -0.975. The topological polar surface area (TPSA) is 81.6 Å². The molecule has 1 rings (SSSR count). The molecule has 0 radical (unpaired) electrons. The maximum atomic E-state index is 9.90. The molecule has 0 aromatic rings. The highest BCUT2D eigenvalue weighted by molar-refractivity contribution is 5.65. The summed E-state index contributed by atoms with van der Waals surface area (Å²) in [6.45, 7) is 7.25. The first-order chi connectivity index (χ1) is 6.81. The molecule has 0 aliphatic carbocycles. The van der Waals surface area contributed by atoms with E-state index in [1.807, 2.05) is 0 Å². The van der Waals surface area contributed by atoms with Crippen LogP contribution in [-0.2, 0) is 0 Å². The maximum absolute atomic E-state index is 9.90. The molecule has 5 heteroatoms. The van der Waals surface area contributed by atoms with Crippen LogP contribution in [-0.4, -0.2) is 41.0 Å². The van der Waals surface area contributed by atoms with Crippen molar-refractivity contribution in [3.8, 4) is 0 Å². The Bertz CT molecular complexity index is 184. The van der Waals surface area contributed by atoms with E-state index in [0.717, 1.165) is 25.9 Å². The second kappa shape index (κ2) is 6.63. The van der Waals surface area contributed by atoms with E-state index in [2.05, 4.69) is 10.6 Å². The fraction of sp³-hybridized carbons (Fsp3) is 0.900. The van der Waals surface area contributed by atoms with Crippen molar-refractivity contribution in [2.24, 2.45) is 0 Å². The van der Waals surface area contributed by atoms with Crippen molar-refractivity contribution in [2.75, 3.05) is 13.1 Å². The van der Waals surface area contributed by atoms with E-state index < -0.39 is 6.09 Å². The van der Waals surface area contributed by atoms with Gasteiger partial charge in [0.1, 0.15) is 0 Å². The zero-order valence-electron chi connectivity index (χ0n) is 9.71. The zero-order chi connectivity index (χ0) is 11.9. The third-order valence-corrected chi connectivity index (χ3v) is 1.75. The molecule has 0 aromatic heterocycles. The minimum absolute atomic E-state index is 0.0752.